The van der Waals surface area contributed by atoms with E-state index < -0.39 is 0 Å². The van der Waals surface area contributed by atoms with Crippen LogP contribution in [0.1, 0.15) is 24.2 Å². The van der Waals surface area contributed by atoms with Crippen molar-refractivity contribution in [1.82, 2.24) is 15.3 Å². The van der Waals surface area contributed by atoms with E-state index in [1.807, 2.05) is 13.8 Å². The molecular formula is C14H15N3O2. The summed E-state index contributed by atoms with van der Waals surface area (Å²) in [6.45, 7) is 3.80. The van der Waals surface area contributed by atoms with Crippen LogP contribution in [0.5, 0.6) is 11.6 Å². The van der Waals surface area contributed by atoms with Crippen molar-refractivity contribution in [2.45, 2.75) is 19.9 Å². The van der Waals surface area contributed by atoms with Gasteiger partial charge in [0.25, 0.3) is 5.91 Å². The lowest BCUT2D eigenvalue weighted by Gasteiger charge is -2.11. The molecule has 1 amide bonds. The number of pyridine rings is 2. The molecular weight excluding hydrogens is 242 g/mol. The summed E-state index contributed by atoms with van der Waals surface area (Å²) in [5.41, 5.74) is 0.403. The molecule has 0 aliphatic rings. The fourth-order valence-electron chi connectivity index (χ4n) is 1.50. The Morgan fingerprint density at radius 3 is 2.74 bits per heavy atom. The van der Waals surface area contributed by atoms with Crippen molar-refractivity contribution in [3.8, 4) is 11.6 Å². The van der Waals surface area contributed by atoms with Crippen molar-refractivity contribution < 1.29 is 9.53 Å². The third-order valence-electron chi connectivity index (χ3n) is 2.28. The SMILES string of the molecule is CC(C)NC(=O)c1cccnc1Oc1cccnc1. The van der Waals surface area contributed by atoms with E-state index in [1.165, 1.54) is 0 Å². The van der Waals surface area contributed by atoms with Gasteiger partial charge in [-0.1, -0.05) is 0 Å². The van der Waals surface area contributed by atoms with Crippen LogP contribution < -0.4 is 10.1 Å². The van der Waals surface area contributed by atoms with Crippen LogP contribution in [0.4, 0.5) is 0 Å². The van der Waals surface area contributed by atoms with Gasteiger partial charge in [-0.05, 0) is 38.1 Å². The van der Waals surface area contributed by atoms with E-state index in [9.17, 15) is 4.79 Å². The number of ether oxygens (including phenoxy) is 1. The molecule has 0 saturated heterocycles. The Morgan fingerprint density at radius 1 is 1.26 bits per heavy atom. The smallest absolute Gasteiger partial charge is 0.256 e. The van der Waals surface area contributed by atoms with E-state index in [-0.39, 0.29) is 17.8 Å². The van der Waals surface area contributed by atoms with Gasteiger partial charge >= 0.3 is 0 Å². The van der Waals surface area contributed by atoms with E-state index in [1.54, 1.807) is 42.9 Å². The van der Waals surface area contributed by atoms with Crippen LogP contribution >= 0.6 is 0 Å². The molecule has 0 spiro atoms. The number of rotatable bonds is 4. The first-order chi connectivity index (χ1) is 9.16. The maximum absolute atomic E-state index is 12.0. The Labute approximate surface area is 111 Å². The van der Waals surface area contributed by atoms with Gasteiger partial charge in [0.15, 0.2) is 0 Å². The van der Waals surface area contributed by atoms with Gasteiger partial charge < -0.3 is 10.1 Å². The molecule has 19 heavy (non-hydrogen) atoms. The van der Waals surface area contributed by atoms with Crippen molar-refractivity contribution in [3.05, 3.63) is 48.4 Å². The van der Waals surface area contributed by atoms with Crippen LogP contribution in [0, 0.1) is 0 Å². The van der Waals surface area contributed by atoms with E-state index in [0.717, 1.165) is 0 Å². The van der Waals surface area contributed by atoms with Gasteiger partial charge in [0.05, 0.1) is 6.20 Å². The molecule has 0 bridgehead atoms. The summed E-state index contributed by atoms with van der Waals surface area (Å²) in [5.74, 6) is 0.607. The van der Waals surface area contributed by atoms with Crippen LogP contribution in [-0.2, 0) is 0 Å². The Bertz CT molecular complexity index is 556. The largest absolute Gasteiger partial charge is 0.437 e. The minimum absolute atomic E-state index is 0.0546. The molecule has 0 aliphatic carbocycles. The zero-order valence-corrected chi connectivity index (χ0v) is 10.8. The number of carbonyl (C=O) groups is 1. The average Bonchev–Trinajstić information content (AvgIpc) is 2.39. The number of hydrogen-bond donors (Lipinski definition) is 1. The second-order valence-electron chi connectivity index (χ2n) is 4.28. The molecule has 5 heteroatoms. The monoisotopic (exact) mass is 257 g/mol. The molecule has 1 N–H and O–H groups in total. The zero-order chi connectivity index (χ0) is 13.7. The van der Waals surface area contributed by atoms with Gasteiger partial charge in [-0.25, -0.2) is 4.98 Å². The summed E-state index contributed by atoms with van der Waals surface area (Å²) >= 11 is 0. The van der Waals surface area contributed by atoms with E-state index in [2.05, 4.69) is 15.3 Å². The highest BCUT2D eigenvalue weighted by Crippen LogP contribution is 2.21. The predicted octanol–water partition coefficient (Wildman–Crippen LogP) is 2.41. The molecule has 0 atom stereocenters. The topological polar surface area (TPSA) is 64.1 Å². The number of aromatic nitrogens is 2. The summed E-state index contributed by atoms with van der Waals surface area (Å²) in [6.07, 6.45) is 4.80. The molecule has 2 aromatic heterocycles. The number of nitrogens with one attached hydrogen (secondary N) is 1. The Hall–Kier alpha value is -2.43. The molecule has 2 heterocycles. The van der Waals surface area contributed by atoms with Crippen molar-refractivity contribution in [2.75, 3.05) is 0 Å². The molecule has 5 nitrogen and oxygen atoms in total. The second kappa shape index (κ2) is 5.95. The fraction of sp³-hybridized carbons (Fsp3) is 0.214. The van der Waals surface area contributed by atoms with Crippen molar-refractivity contribution in [2.24, 2.45) is 0 Å². The van der Waals surface area contributed by atoms with Gasteiger partial charge in [-0.15, -0.1) is 0 Å². The van der Waals surface area contributed by atoms with E-state index in [0.29, 0.717) is 11.3 Å². The molecule has 0 aromatic carbocycles. The molecule has 0 fully saturated rings. The highest BCUT2D eigenvalue weighted by molar-refractivity contribution is 5.96. The van der Waals surface area contributed by atoms with Crippen molar-refractivity contribution in [3.63, 3.8) is 0 Å². The van der Waals surface area contributed by atoms with E-state index in [4.69, 9.17) is 4.74 Å². The Morgan fingerprint density at radius 2 is 2.05 bits per heavy atom. The van der Waals surface area contributed by atoms with Crippen LogP contribution in [0.3, 0.4) is 0 Å². The highest BCUT2D eigenvalue weighted by Gasteiger charge is 2.14. The summed E-state index contributed by atoms with van der Waals surface area (Å²) in [4.78, 5) is 20.1. The molecule has 98 valence electrons. The van der Waals surface area contributed by atoms with Crippen LogP contribution in [0.2, 0.25) is 0 Å². The maximum Gasteiger partial charge on any atom is 0.256 e. The van der Waals surface area contributed by atoms with Crippen LogP contribution in [0.15, 0.2) is 42.9 Å². The van der Waals surface area contributed by atoms with Gasteiger partial charge in [-0.2, -0.15) is 0 Å². The Balaban J connectivity index is 2.24. The Kier molecular flexibility index (Phi) is 4.07. The lowest BCUT2D eigenvalue weighted by atomic mass is 10.2. The van der Waals surface area contributed by atoms with Crippen LogP contribution in [-0.4, -0.2) is 21.9 Å². The minimum atomic E-state index is -0.206. The average molecular weight is 257 g/mol. The lowest BCUT2D eigenvalue weighted by molar-refractivity contribution is 0.0940. The quantitative estimate of drug-likeness (QED) is 0.913. The molecule has 2 rings (SSSR count). The van der Waals surface area contributed by atoms with Gasteiger partial charge in [0.2, 0.25) is 5.88 Å². The molecule has 2 aromatic rings. The number of hydrogen-bond acceptors (Lipinski definition) is 4. The predicted molar refractivity (Wildman–Crippen MR) is 71.2 cm³/mol. The first-order valence-electron chi connectivity index (χ1n) is 6.00. The highest BCUT2D eigenvalue weighted by atomic mass is 16.5. The lowest BCUT2D eigenvalue weighted by Crippen LogP contribution is -2.30. The third kappa shape index (κ3) is 3.51. The summed E-state index contributed by atoms with van der Waals surface area (Å²) in [6, 6.07) is 6.94. The molecule has 0 aliphatic heterocycles. The summed E-state index contributed by atoms with van der Waals surface area (Å²) < 4.78 is 5.58. The zero-order valence-electron chi connectivity index (χ0n) is 10.8. The molecule has 0 radical (unpaired) electrons. The second-order valence-corrected chi connectivity index (χ2v) is 4.28. The fourth-order valence-corrected chi connectivity index (χ4v) is 1.50. The number of nitrogens with zero attached hydrogens (tertiary/aromatic N) is 2. The van der Waals surface area contributed by atoms with E-state index >= 15 is 0 Å². The first-order valence-corrected chi connectivity index (χ1v) is 6.00. The molecule has 0 saturated carbocycles. The normalized spacial score (nSPS) is 10.3. The summed E-state index contributed by atoms with van der Waals surface area (Å²) in [5, 5.41) is 2.81. The van der Waals surface area contributed by atoms with Gasteiger partial charge in [0.1, 0.15) is 11.3 Å². The standard InChI is InChI=1S/C14H15N3O2/c1-10(2)17-13(18)12-6-4-8-16-14(12)19-11-5-3-7-15-9-11/h3-10H,1-2H3,(H,17,18). The number of amides is 1. The van der Waals surface area contributed by atoms with Crippen molar-refractivity contribution >= 4 is 5.91 Å². The van der Waals surface area contributed by atoms with Crippen LogP contribution in [0.25, 0.3) is 0 Å². The van der Waals surface area contributed by atoms with Gasteiger partial charge in [0, 0.05) is 18.4 Å². The van der Waals surface area contributed by atoms with Crippen molar-refractivity contribution in [1.29, 1.82) is 0 Å². The molecule has 0 unspecified atom stereocenters. The minimum Gasteiger partial charge on any atom is -0.437 e. The third-order valence-corrected chi connectivity index (χ3v) is 2.28. The maximum atomic E-state index is 12.0. The van der Waals surface area contributed by atoms with Gasteiger partial charge in [-0.3, -0.25) is 9.78 Å². The first kappa shape index (κ1) is 13.0. The number of carbonyl (C=O) groups excluding carboxylic acids is 1. The summed E-state index contributed by atoms with van der Waals surface area (Å²) in [7, 11) is 0.